The molecule has 0 saturated carbocycles. The third kappa shape index (κ3) is 3.98. The van der Waals surface area contributed by atoms with Gasteiger partial charge in [0.05, 0.1) is 25.4 Å². The van der Waals surface area contributed by atoms with E-state index in [9.17, 15) is 4.79 Å². The molecule has 0 fully saturated rings. The summed E-state index contributed by atoms with van der Waals surface area (Å²) in [5, 5.41) is 4.12. The molecular weight excluding hydrogens is 356 g/mol. The van der Waals surface area contributed by atoms with Gasteiger partial charge in [0.15, 0.2) is 11.5 Å². The molecule has 1 heterocycles. The van der Waals surface area contributed by atoms with E-state index in [1.165, 1.54) is 6.33 Å². The average molecular weight is 380 g/mol. The van der Waals surface area contributed by atoms with Crippen LogP contribution in [-0.4, -0.2) is 46.3 Å². The highest BCUT2D eigenvalue weighted by atomic mass is 16.5. The fourth-order valence-electron chi connectivity index (χ4n) is 2.93. The maximum atomic E-state index is 13.0. The third-order valence-corrected chi connectivity index (χ3v) is 4.67. The topological polar surface area (TPSA) is 69.5 Å². The molecule has 2 aromatic carbocycles. The zero-order valence-electron chi connectivity index (χ0n) is 16.5. The van der Waals surface area contributed by atoms with Gasteiger partial charge in [-0.05, 0) is 49.7 Å². The number of rotatable bonds is 7. The van der Waals surface area contributed by atoms with Gasteiger partial charge in [-0.1, -0.05) is 12.1 Å². The highest BCUT2D eigenvalue weighted by Crippen LogP contribution is 2.29. The van der Waals surface area contributed by atoms with E-state index >= 15 is 0 Å². The third-order valence-electron chi connectivity index (χ3n) is 4.67. The summed E-state index contributed by atoms with van der Waals surface area (Å²) in [6.45, 7) is 4.43. The molecule has 0 N–H and O–H groups in total. The Balaban J connectivity index is 1.77. The van der Waals surface area contributed by atoms with Gasteiger partial charge in [0, 0.05) is 12.6 Å². The summed E-state index contributed by atoms with van der Waals surface area (Å²) in [5.74, 6) is 1.08. The molecule has 7 nitrogen and oxygen atoms in total. The Morgan fingerprint density at radius 3 is 2.54 bits per heavy atom. The molecule has 146 valence electrons. The van der Waals surface area contributed by atoms with Crippen LogP contribution in [-0.2, 0) is 0 Å². The first-order valence-electron chi connectivity index (χ1n) is 9.08. The van der Waals surface area contributed by atoms with Crippen molar-refractivity contribution in [1.29, 1.82) is 0 Å². The van der Waals surface area contributed by atoms with Crippen LogP contribution in [0.4, 0.5) is 0 Å². The summed E-state index contributed by atoms with van der Waals surface area (Å²) in [6, 6.07) is 13.0. The molecule has 7 heteroatoms. The lowest BCUT2D eigenvalue weighted by molar-refractivity contribution is 0.0742. The standard InChI is InChI=1S/C21H24N4O3/c1-5-28-19-11-8-17(12-20(19)27-4)21(26)24(3)15(2)16-6-9-18(10-7-16)25-14-22-13-23-25/h6-15H,5H2,1-4H3. The second-order valence-electron chi connectivity index (χ2n) is 6.32. The normalized spacial score (nSPS) is 11.7. The van der Waals surface area contributed by atoms with E-state index in [1.807, 2.05) is 38.1 Å². The quantitative estimate of drug-likeness (QED) is 0.627. The molecule has 0 radical (unpaired) electrons. The van der Waals surface area contributed by atoms with Gasteiger partial charge in [0.1, 0.15) is 12.7 Å². The first kappa shape index (κ1) is 19.4. The van der Waals surface area contributed by atoms with Crippen LogP contribution in [0.1, 0.15) is 35.8 Å². The Hall–Kier alpha value is -3.35. The van der Waals surface area contributed by atoms with E-state index in [-0.39, 0.29) is 11.9 Å². The number of ether oxygens (including phenoxy) is 2. The summed E-state index contributed by atoms with van der Waals surface area (Å²) in [6.07, 6.45) is 3.14. The van der Waals surface area contributed by atoms with Crippen LogP contribution < -0.4 is 9.47 Å². The zero-order chi connectivity index (χ0) is 20.1. The fourth-order valence-corrected chi connectivity index (χ4v) is 2.93. The van der Waals surface area contributed by atoms with Crippen molar-refractivity contribution in [1.82, 2.24) is 19.7 Å². The maximum absolute atomic E-state index is 13.0. The number of carbonyl (C=O) groups excluding carboxylic acids is 1. The number of nitrogens with zero attached hydrogens (tertiary/aromatic N) is 4. The molecule has 0 aliphatic heterocycles. The van der Waals surface area contributed by atoms with Gasteiger partial charge >= 0.3 is 0 Å². The largest absolute Gasteiger partial charge is 0.493 e. The summed E-state index contributed by atoms with van der Waals surface area (Å²) < 4.78 is 12.6. The van der Waals surface area contributed by atoms with Gasteiger partial charge in [-0.2, -0.15) is 5.10 Å². The maximum Gasteiger partial charge on any atom is 0.254 e. The molecule has 0 saturated heterocycles. The van der Waals surface area contributed by atoms with Crippen molar-refractivity contribution in [3.05, 3.63) is 66.2 Å². The lowest BCUT2D eigenvalue weighted by atomic mass is 10.1. The molecule has 1 aromatic heterocycles. The van der Waals surface area contributed by atoms with Gasteiger partial charge in [0.25, 0.3) is 5.91 Å². The minimum Gasteiger partial charge on any atom is -0.493 e. The van der Waals surface area contributed by atoms with Gasteiger partial charge in [-0.25, -0.2) is 9.67 Å². The Morgan fingerprint density at radius 1 is 1.18 bits per heavy atom. The van der Waals surface area contributed by atoms with Crippen LogP contribution in [0, 0.1) is 0 Å². The lowest BCUT2D eigenvalue weighted by Gasteiger charge is -2.26. The predicted octanol–water partition coefficient (Wildman–Crippen LogP) is 3.51. The molecule has 1 unspecified atom stereocenters. The van der Waals surface area contributed by atoms with E-state index in [1.54, 1.807) is 48.3 Å². The van der Waals surface area contributed by atoms with Gasteiger partial charge < -0.3 is 14.4 Å². The molecule has 0 spiro atoms. The molecule has 1 amide bonds. The van der Waals surface area contributed by atoms with Crippen LogP contribution >= 0.6 is 0 Å². The van der Waals surface area contributed by atoms with E-state index < -0.39 is 0 Å². The van der Waals surface area contributed by atoms with E-state index in [2.05, 4.69) is 10.1 Å². The fraction of sp³-hybridized carbons (Fsp3) is 0.286. The van der Waals surface area contributed by atoms with Crippen molar-refractivity contribution in [2.45, 2.75) is 19.9 Å². The zero-order valence-corrected chi connectivity index (χ0v) is 16.5. The number of hydrogen-bond donors (Lipinski definition) is 0. The Labute approximate surface area is 164 Å². The monoisotopic (exact) mass is 380 g/mol. The molecule has 0 bridgehead atoms. The number of methoxy groups -OCH3 is 1. The van der Waals surface area contributed by atoms with Gasteiger partial charge in [-0.3, -0.25) is 4.79 Å². The van der Waals surface area contributed by atoms with E-state index in [0.29, 0.717) is 23.7 Å². The molecule has 1 atom stereocenters. The van der Waals surface area contributed by atoms with Crippen molar-refractivity contribution in [3.63, 3.8) is 0 Å². The summed E-state index contributed by atoms with van der Waals surface area (Å²) in [7, 11) is 3.36. The molecule has 28 heavy (non-hydrogen) atoms. The number of amides is 1. The average Bonchev–Trinajstić information content (AvgIpc) is 3.27. The number of aromatic nitrogens is 3. The highest BCUT2D eigenvalue weighted by molar-refractivity contribution is 5.95. The Kier molecular flexibility index (Phi) is 5.93. The van der Waals surface area contributed by atoms with Crippen LogP contribution in [0.2, 0.25) is 0 Å². The smallest absolute Gasteiger partial charge is 0.254 e. The Bertz CT molecular complexity index is 923. The van der Waals surface area contributed by atoms with Crippen molar-refractivity contribution in [2.24, 2.45) is 0 Å². The van der Waals surface area contributed by atoms with Crippen LogP contribution in [0.5, 0.6) is 11.5 Å². The minimum atomic E-state index is -0.102. The molecule has 0 aliphatic rings. The summed E-state index contributed by atoms with van der Waals surface area (Å²) in [5.41, 5.74) is 2.49. The predicted molar refractivity (Wildman–Crippen MR) is 106 cm³/mol. The molecule has 3 rings (SSSR count). The van der Waals surface area contributed by atoms with E-state index in [0.717, 1.165) is 11.3 Å². The van der Waals surface area contributed by atoms with Crippen LogP contribution in [0.3, 0.4) is 0 Å². The second-order valence-corrected chi connectivity index (χ2v) is 6.32. The minimum absolute atomic E-state index is 0.0887. The molecule has 0 aliphatic carbocycles. The van der Waals surface area contributed by atoms with Gasteiger partial charge in [-0.15, -0.1) is 0 Å². The second kappa shape index (κ2) is 8.56. The van der Waals surface area contributed by atoms with Crippen LogP contribution in [0.15, 0.2) is 55.1 Å². The molecular formula is C21H24N4O3. The van der Waals surface area contributed by atoms with Crippen molar-refractivity contribution < 1.29 is 14.3 Å². The first-order valence-corrected chi connectivity index (χ1v) is 9.08. The molecule has 3 aromatic rings. The number of hydrogen-bond acceptors (Lipinski definition) is 5. The van der Waals surface area contributed by atoms with Crippen molar-refractivity contribution in [2.75, 3.05) is 20.8 Å². The summed E-state index contributed by atoms with van der Waals surface area (Å²) in [4.78, 5) is 18.6. The summed E-state index contributed by atoms with van der Waals surface area (Å²) >= 11 is 0. The SMILES string of the molecule is CCOc1ccc(C(=O)N(C)C(C)c2ccc(-n3cncn3)cc2)cc1OC. The first-order chi connectivity index (χ1) is 13.5. The van der Waals surface area contributed by atoms with Crippen molar-refractivity contribution >= 4 is 5.91 Å². The lowest BCUT2D eigenvalue weighted by Crippen LogP contribution is -2.29. The number of benzene rings is 2. The Morgan fingerprint density at radius 2 is 1.93 bits per heavy atom. The van der Waals surface area contributed by atoms with Crippen molar-refractivity contribution in [3.8, 4) is 17.2 Å². The highest BCUT2D eigenvalue weighted by Gasteiger charge is 2.20. The van der Waals surface area contributed by atoms with E-state index in [4.69, 9.17) is 9.47 Å². The van der Waals surface area contributed by atoms with Gasteiger partial charge in [0.2, 0.25) is 0 Å². The number of carbonyl (C=O) groups is 1. The van der Waals surface area contributed by atoms with Crippen LogP contribution in [0.25, 0.3) is 5.69 Å².